The van der Waals surface area contributed by atoms with E-state index in [9.17, 15) is 9.59 Å². The van der Waals surface area contributed by atoms with Crippen LogP contribution < -0.4 is 5.32 Å². The SMILES string of the molecule is CCCCc1nc(C)c(C(=O)NC(CC(=O)OC)c2ccc(Cl)cc2)s1. The predicted molar refractivity (Wildman–Crippen MR) is 104 cm³/mol. The lowest BCUT2D eigenvalue weighted by Crippen LogP contribution is -2.30. The Morgan fingerprint density at radius 3 is 2.62 bits per heavy atom. The molecule has 0 fully saturated rings. The number of rotatable bonds is 8. The largest absolute Gasteiger partial charge is 0.469 e. The summed E-state index contributed by atoms with van der Waals surface area (Å²) in [4.78, 5) is 29.6. The van der Waals surface area contributed by atoms with Crippen LogP contribution in [0.15, 0.2) is 24.3 Å². The number of hydrogen-bond donors (Lipinski definition) is 1. The van der Waals surface area contributed by atoms with Crippen molar-refractivity contribution in [2.45, 2.75) is 45.6 Å². The number of esters is 1. The number of thiazole rings is 1. The second kappa shape index (κ2) is 9.69. The number of unbranched alkanes of at least 4 members (excludes halogenated alkanes) is 1. The van der Waals surface area contributed by atoms with Gasteiger partial charge in [-0.1, -0.05) is 37.1 Å². The molecule has 1 aromatic heterocycles. The van der Waals surface area contributed by atoms with Gasteiger partial charge in [0, 0.05) is 5.02 Å². The predicted octanol–water partition coefficient (Wildman–Crippen LogP) is 4.48. The molecule has 0 spiro atoms. The molecule has 0 aliphatic carbocycles. The molecule has 0 saturated carbocycles. The van der Waals surface area contributed by atoms with Crippen LogP contribution in [-0.4, -0.2) is 24.0 Å². The first-order valence-corrected chi connectivity index (χ1v) is 9.73. The molecule has 1 heterocycles. The zero-order chi connectivity index (χ0) is 19.1. The minimum Gasteiger partial charge on any atom is -0.469 e. The van der Waals surface area contributed by atoms with Crippen LogP contribution in [0.25, 0.3) is 0 Å². The highest BCUT2D eigenvalue weighted by Gasteiger charge is 2.22. The van der Waals surface area contributed by atoms with Gasteiger partial charge in [0.2, 0.25) is 0 Å². The molecule has 26 heavy (non-hydrogen) atoms. The van der Waals surface area contributed by atoms with Crippen molar-refractivity contribution >= 4 is 34.8 Å². The summed E-state index contributed by atoms with van der Waals surface area (Å²) in [5, 5.41) is 4.49. The van der Waals surface area contributed by atoms with Crippen molar-refractivity contribution in [1.82, 2.24) is 10.3 Å². The first-order chi connectivity index (χ1) is 12.4. The van der Waals surface area contributed by atoms with Gasteiger partial charge in [0.15, 0.2) is 0 Å². The number of aromatic nitrogens is 1. The highest BCUT2D eigenvalue weighted by Crippen LogP contribution is 2.24. The van der Waals surface area contributed by atoms with Crippen LogP contribution in [0.5, 0.6) is 0 Å². The summed E-state index contributed by atoms with van der Waals surface area (Å²) in [5.74, 6) is -0.624. The first-order valence-electron chi connectivity index (χ1n) is 8.54. The maximum atomic E-state index is 12.8. The van der Waals surface area contributed by atoms with Crippen LogP contribution in [-0.2, 0) is 16.0 Å². The molecule has 0 radical (unpaired) electrons. The van der Waals surface area contributed by atoms with Crippen LogP contribution in [0.2, 0.25) is 5.02 Å². The maximum Gasteiger partial charge on any atom is 0.307 e. The van der Waals surface area contributed by atoms with Crippen molar-refractivity contribution in [3.05, 3.63) is 50.4 Å². The van der Waals surface area contributed by atoms with Gasteiger partial charge in [-0.25, -0.2) is 4.98 Å². The van der Waals surface area contributed by atoms with E-state index in [1.165, 1.54) is 18.4 Å². The number of carbonyl (C=O) groups is 2. The molecule has 7 heteroatoms. The van der Waals surface area contributed by atoms with E-state index in [-0.39, 0.29) is 12.3 Å². The number of ether oxygens (including phenoxy) is 1. The molecule has 2 aromatic rings. The molecule has 5 nitrogen and oxygen atoms in total. The lowest BCUT2D eigenvalue weighted by atomic mass is 10.0. The molecule has 1 N–H and O–H groups in total. The summed E-state index contributed by atoms with van der Waals surface area (Å²) in [6, 6.07) is 6.56. The fourth-order valence-electron chi connectivity index (χ4n) is 2.52. The van der Waals surface area contributed by atoms with Gasteiger partial charge in [0.1, 0.15) is 4.88 Å². The average Bonchev–Trinajstić information content (AvgIpc) is 3.00. The Bertz CT molecular complexity index is 759. The number of nitrogens with zero attached hydrogens (tertiary/aromatic N) is 1. The highest BCUT2D eigenvalue weighted by atomic mass is 35.5. The molecule has 0 saturated heterocycles. The molecular weight excluding hydrogens is 372 g/mol. The number of benzene rings is 1. The maximum absolute atomic E-state index is 12.8. The van der Waals surface area contributed by atoms with Gasteiger partial charge in [-0.15, -0.1) is 11.3 Å². The number of hydrogen-bond acceptors (Lipinski definition) is 5. The van der Waals surface area contributed by atoms with Crippen molar-refractivity contribution in [3.63, 3.8) is 0 Å². The van der Waals surface area contributed by atoms with E-state index in [1.54, 1.807) is 24.3 Å². The highest BCUT2D eigenvalue weighted by molar-refractivity contribution is 7.13. The van der Waals surface area contributed by atoms with Crippen molar-refractivity contribution in [1.29, 1.82) is 0 Å². The van der Waals surface area contributed by atoms with E-state index < -0.39 is 12.0 Å². The number of amides is 1. The third-order valence-electron chi connectivity index (χ3n) is 3.97. The molecule has 2 rings (SSSR count). The standard InChI is InChI=1S/C19H23ClN2O3S/c1-4-5-6-16-21-12(2)18(26-16)19(24)22-15(11-17(23)25-3)13-7-9-14(20)10-8-13/h7-10,15H,4-6,11H2,1-3H3,(H,22,24). The summed E-state index contributed by atoms with van der Waals surface area (Å²) in [7, 11) is 1.33. The van der Waals surface area contributed by atoms with Crippen LogP contribution in [0.1, 0.15) is 58.2 Å². The number of aryl methyl sites for hydroxylation is 2. The van der Waals surface area contributed by atoms with E-state index in [1.807, 2.05) is 6.92 Å². The van der Waals surface area contributed by atoms with E-state index in [0.29, 0.717) is 15.6 Å². The van der Waals surface area contributed by atoms with Crippen molar-refractivity contribution in [2.24, 2.45) is 0 Å². The molecular formula is C19H23ClN2O3S. The monoisotopic (exact) mass is 394 g/mol. The fraction of sp³-hybridized carbons (Fsp3) is 0.421. The Morgan fingerprint density at radius 1 is 1.31 bits per heavy atom. The zero-order valence-electron chi connectivity index (χ0n) is 15.2. The van der Waals surface area contributed by atoms with Crippen LogP contribution in [0, 0.1) is 6.92 Å². The molecule has 140 valence electrons. The normalized spacial score (nSPS) is 11.8. The topological polar surface area (TPSA) is 68.3 Å². The molecule has 0 aliphatic rings. The Labute approximate surface area is 162 Å². The minimum atomic E-state index is -0.493. The molecule has 0 bridgehead atoms. The third-order valence-corrected chi connectivity index (χ3v) is 5.44. The zero-order valence-corrected chi connectivity index (χ0v) is 16.7. The van der Waals surface area contributed by atoms with E-state index in [0.717, 1.165) is 29.8 Å². The lowest BCUT2D eigenvalue weighted by molar-refractivity contribution is -0.141. The number of methoxy groups -OCH3 is 1. The Balaban J connectivity index is 2.18. The smallest absolute Gasteiger partial charge is 0.307 e. The lowest BCUT2D eigenvalue weighted by Gasteiger charge is -2.18. The quantitative estimate of drug-likeness (QED) is 0.670. The average molecular weight is 395 g/mol. The summed E-state index contributed by atoms with van der Waals surface area (Å²) >= 11 is 7.34. The Hall–Kier alpha value is -1.92. The fourth-order valence-corrected chi connectivity index (χ4v) is 3.65. The van der Waals surface area contributed by atoms with Gasteiger partial charge >= 0.3 is 5.97 Å². The van der Waals surface area contributed by atoms with Crippen LogP contribution >= 0.6 is 22.9 Å². The molecule has 1 amide bonds. The second-order valence-electron chi connectivity index (χ2n) is 5.98. The number of halogens is 1. The van der Waals surface area contributed by atoms with Crippen LogP contribution in [0.3, 0.4) is 0 Å². The van der Waals surface area contributed by atoms with Gasteiger partial charge in [-0.3, -0.25) is 9.59 Å². The van der Waals surface area contributed by atoms with Crippen molar-refractivity contribution in [3.8, 4) is 0 Å². The summed E-state index contributed by atoms with van der Waals surface area (Å²) in [6.45, 7) is 3.95. The second-order valence-corrected chi connectivity index (χ2v) is 7.50. The van der Waals surface area contributed by atoms with Gasteiger partial charge < -0.3 is 10.1 Å². The molecule has 1 atom stereocenters. The van der Waals surface area contributed by atoms with Gasteiger partial charge in [-0.2, -0.15) is 0 Å². The minimum absolute atomic E-state index is 0.0460. The van der Waals surface area contributed by atoms with Crippen LogP contribution in [0.4, 0.5) is 0 Å². The van der Waals surface area contributed by atoms with E-state index in [4.69, 9.17) is 16.3 Å². The summed E-state index contributed by atoms with van der Waals surface area (Å²) in [5.41, 5.74) is 1.51. The molecule has 1 aromatic carbocycles. The van der Waals surface area contributed by atoms with Gasteiger partial charge in [0.25, 0.3) is 5.91 Å². The van der Waals surface area contributed by atoms with E-state index in [2.05, 4.69) is 17.2 Å². The first kappa shape index (κ1) is 20.4. The van der Waals surface area contributed by atoms with Crippen molar-refractivity contribution in [2.75, 3.05) is 7.11 Å². The molecule has 0 aliphatic heterocycles. The number of nitrogens with one attached hydrogen (secondary N) is 1. The number of carbonyl (C=O) groups excluding carboxylic acids is 2. The Morgan fingerprint density at radius 2 is 2.00 bits per heavy atom. The summed E-state index contributed by atoms with van der Waals surface area (Å²) in [6.07, 6.45) is 3.05. The molecule has 1 unspecified atom stereocenters. The van der Waals surface area contributed by atoms with Gasteiger partial charge in [0.05, 0.1) is 30.3 Å². The van der Waals surface area contributed by atoms with Gasteiger partial charge in [-0.05, 0) is 37.5 Å². The Kier molecular flexibility index (Phi) is 7.60. The van der Waals surface area contributed by atoms with E-state index >= 15 is 0 Å². The van der Waals surface area contributed by atoms with Crippen molar-refractivity contribution < 1.29 is 14.3 Å². The third kappa shape index (κ3) is 5.54. The summed E-state index contributed by atoms with van der Waals surface area (Å²) < 4.78 is 4.76.